The molecule has 0 radical (unpaired) electrons. The van der Waals surface area contributed by atoms with Crippen LogP contribution >= 0.6 is 0 Å². The van der Waals surface area contributed by atoms with Crippen LogP contribution in [0.5, 0.6) is 0 Å². The Balaban J connectivity index is 1.79. The van der Waals surface area contributed by atoms with Crippen molar-refractivity contribution in [3.8, 4) is 0 Å². The topological polar surface area (TPSA) is 75.6 Å². The molecule has 0 spiro atoms. The minimum absolute atomic E-state index is 0.172. The van der Waals surface area contributed by atoms with Gasteiger partial charge in [0.05, 0.1) is 6.04 Å². The van der Waals surface area contributed by atoms with Gasteiger partial charge in [0.15, 0.2) is 5.82 Å². The molecule has 6 nitrogen and oxygen atoms in total. The number of carbonyl (C=O) groups is 1. The van der Waals surface area contributed by atoms with Crippen LogP contribution in [-0.2, 0) is 6.54 Å². The molecule has 7 heteroatoms. The number of hydrogen-bond donors (Lipinski definition) is 2. The average Bonchev–Trinajstić information content (AvgIpc) is 2.98. The van der Waals surface area contributed by atoms with Gasteiger partial charge in [-0.25, -0.2) is 4.39 Å². The first kappa shape index (κ1) is 11.9. The van der Waals surface area contributed by atoms with E-state index < -0.39 is 5.82 Å². The lowest BCUT2D eigenvalue weighted by Gasteiger charge is -2.23. The summed E-state index contributed by atoms with van der Waals surface area (Å²) >= 11 is 0. The van der Waals surface area contributed by atoms with E-state index in [1.54, 1.807) is 0 Å². The summed E-state index contributed by atoms with van der Waals surface area (Å²) in [5, 5.41) is 11.0. The third-order valence-electron chi connectivity index (χ3n) is 3.35. The SMILES string of the molecule is Cc1nnc2n1CCCC2NC(=O)c1cc(F)c[nH]1. The van der Waals surface area contributed by atoms with Crippen LogP contribution in [0.1, 0.15) is 41.0 Å². The molecule has 0 bridgehead atoms. The number of aromatic amines is 1. The van der Waals surface area contributed by atoms with Crippen LogP contribution < -0.4 is 5.32 Å². The lowest BCUT2D eigenvalue weighted by molar-refractivity contribution is 0.0923. The van der Waals surface area contributed by atoms with Gasteiger partial charge in [-0.2, -0.15) is 0 Å². The maximum Gasteiger partial charge on any atom is 0.268 e. The fourth-order valence-corrected chi connectivity index (χ4v) is 2.39. The van der Waals surface area contributed by atoms with Crippen molar-refractivity contribution in [2.45, 2.75) is 32.4 Å². The number of halogens is 1. The zero-order chi connectivity index (χ0) is 13.4. The van der Waals surface area contributed by atoms with Crippen molar-refractivity contribution >= 4 is 5.91 Å². The quantitative estimate of drug-likeness (QED) is 0.858. The Morgan fingerprint density at radius 3 is 3.16 bits per heavy atom. The van der Waals surface area contributed by atoms with Crippen LogP contribution in [0.3, 0.4) is 0 Å². The van der Waals surface area contributed by atoms with Gasteiger partial charge < -0.3 is 14.9 Å². The van der Waals surface area contributed by atoms with E-state index in [0.29, 0.717) is 0 Å². The van der Waals surface area contributed by atoms with Crippen molar-refractivity contribution in [3.05, 3.63) is 35.4 Å². The minimum atomic E-state index is -0.451. The maximum atomic E-state index is 12.9. The van der Waals surface area contributed by atoms with Gasteiger partial charge in [0.2, 0.25) is 0 Å². The Morgan fingerprint density at radius 1 is 1.58 bits per heavy atom. The molecule has 3 rings (SSSR count). The monoisotopic (exact) mass is 263 g/mol. The second-order valence-electron chi connectivity index (χ2n) is 4.66. The molecule has 1 aliphatic heterocycles. The average molecular weight is 263 g/mol. The van der Waals surface area contributed by atoms with Crippen molar-refractivity contribution in [3.63, 3.8) is 0 Å². The highest BCUT2D eigenvalue weighted by molar-refractivity contribution is 5.92. The van der Waals surface area contributed by atoms with Gasteiger partial charge in [-0.3, -0.25) is 4.79 Å². The molecule has 0 fully saturated rings. The highest BCUT2D eigenvalue weighted by Crippen LogP contribution is 2.24. The Morgan fingerprint density at radius 2 is 2.42 bits per heavy atom. The van der Waals surface area contributed by atoms with E-state index in [-0.39, 0.29) is 17.6 Å². The van der Waals surface area contributed by atoms with E-state index in [1.165, 1.54) is 6.07 Å². The number of fused-ring (bicyclic) bond motifs is 1. The van der Waals surface area contributed by atoms with Crippen LogP contribution in [0.2, 0.25) is 0 Å². The predicted molar refractivity (Wildman–Crippen MR) is 65.0 cm³/mol. The van der Waals surface area contributed by atoms with Crippen molar-refractivity contribution in [1.29, 1.82) is 0 Å². The number of nitrogens with zero attached hydrogens (tertiary/aromatic N) is 3. The second-order valence-corrected chi connectivity index (χ2v) is 4.66. The molecule has 0 saturated carbocycles. The van der Waals surface area contributed by atoms with Gasteiger partial charge in [-0.15, -0.1) is 10.2 Å². The van der Waals surface area contributed by atoms with Gasteiger partial charge in [0.1, 0.15) is 17.3 Å². The molecule has 0 aliphatic carbocycles. The Kier molecular flexibility index (Phi) is 2.81. The number of rotatable bonds is 2. The molecule has 0 saturated heterocycles. The third-order valence-corrected chi connectivity index (χ3v) is 3.35. The number of amides is 1. The molecule has 1 amide bonds. The first-order valence-electron chi connectivity index (χ1n) is 6.19. The Hall–Kier alpha value is -2.18. The van der Waals surface area contributed by atoms with Gasteiger partial charge in [-0.1, -0.05) is 0 Å². The molecule has 1 aliphatic rings. The number of aryl methyl sites for hydroxylation is 1. The molecule has 1 unspecified atom stereocenters. The molecular formula is C12H14FN5O. The van der Waals surface area contributed by atoms with Crippen molar-refractivity contribution in [2.75, 3.05) is 0 Å². The van der Waals surface area contributed by atoms with Crippen LogP contribution in [0.25, 0.3) is 0 Å². The summed E-state index contributed by atoms with van der Waals surface area (Å²) in [4.78, 5) is 14.6. The fraction of sp³-hybridized carbons (Fsp3) is 0.417. The summed E-state index contributed by atoms with van der Waals surface area (Å²) in [5.41, 5.74) is 0.214. The van der Waals surface area contributed by atoms with E-state index in [1.807, 2.05) is 11.5 Å². The molecule has 0 aromatic carbocycles. The number of hydrogen-bond acceptors (Lipinski definition) is 3. The number of aromatic nitrogens is 4. The smallest absolute Gasteiger partial charge is 0.268 e. The second kappa shape index (κ2) is 4.49. The van der Waals surface area contributed by atoms with E-state index in [2.05, 4.69) is 20.5 Å². The van der Waals surface area contributed by atoms with E-state index in [9.17, 15) is 9.18 Å². The zero-order valence-electron chi connectivity index (χ0n) is 10.5. The summed E-state index contributed by atoms with van der Waals surface area (Å²) in [6, 6.07) is 1.00. The summed E-state index contributed by atoms with van der Waals surface area (Å²) in [6.07, 6.45) is 2.92. The van der Waals surface area contributed by atoms with Gasteiger partial charge in [0, 0.05) is 18.8 Å². The number of nitrogens with one attached hydrogen (secondary N) is 2. The van der Waals surface area contributed by atoms with Gasteiger partial charge >= 0.3 is 0 Å². The van der Waals surface area contributed by atoms with Crippen LogP contribution in [0.4, 0.5) is 4.39 Å². The molecule has 3 heterocycles. The molecule has 2 aromatic heterocycles. The van der Waals surface area contributed by atoms with Crippen LogP contribution in [-0.4, -0.2) is 25.7 Å². The Labute approximate surface area is 109 Å². The lowest BCUT2D eigenvalue weighted by atomic mass is 10.1. The summed E-state index contributed by atoms with van der Waals surface area (Å²) in [5.74, 6) is 0.833. The molecule has 2 N–H and O–H groups in total. The molecule has 2 aromatic rings. The predicted octanol–water partition coefficient (Wildman–Crippen LogP) is 1.32. The molecule has 1 atom stereocenters. The fourth-order valence-electron chi connectivity index (χ4n) is 2.39. The first-order chi connectivity index (χ1) is 9.15. The highest BCUT2D eigenvalue weighted by atomic mass is 19.1. The standard InChI is InChI=1S/C12H14FN5O/c1-7-16-17-11-9(3-2-4-18(7)11)15-12(19)10-5-8(13)6-14-10/h5-6,9,14H,2-4H2,1H3,(H,15,19). The normalized spacial score (nSPS) is 18.1. The summed E-state index contributed by atoms with van der Waals surface area (Å²) in [6.45, 7) is 2.76. The van der Waals surface area contributed by atoms with Crippen molar-refractivity contribution in [2.24, 2.45) is 0 Å². The maximum absolute atomic E-state index is 12.9. The zero-order valence-corrected chi connectivity index (χ0v) is 10.5. The highest BCUT2D eigenvalue weighted by Gasteiger charge is 2.26. The van der Waals surface area contributed by atoms with Crippen LogP contribution in [0.15, 0.2) is 12.3 Å². The lowest BCUT2D eigenvalue weighted by Crippen LogP contribution is -2.33. The third kappa shape index (κ3) is 2.11. The molecular weight excluding hydrogens is 249 g/mol. The van der Waals surface area contributed by atoms with Gasteiger partial charge in [-0.05, 0) is 19.8 Å². The summed E-state index contributed by atoms with van der Waals surface area (Å²) < 4.78 is 14.9. The first-order valence-corrected chi connectivity index (χ1v) is 6.19. The number of H-pyrrole nitrogens is 1. The van der Waals surface area contributed by atoms with Crippen molar-refractivity contribution in [1.82, 2.24) is 25.1 Å². The van der Waals surface area contributed by atoms with Crippen LogP contribution in [0, 0.1) is 12.7 Å². The van der Waals surface area contributed by atoms with E-state index in [4.69, 9.17) is 0 Å². The number of carbonyl (C=O) groups excluding carboxylic acids is 1. The molecule has 19 heavy (non-hydrogen) atoms. The molecule has 100 valence electrons. The summed E-state index contributed by atoms with van der Waals surface area (Å²) in [7, 11) is 0. The van der Waals surface area contributed by atoms with Crippen molar-refractivity contribution < 1.29 is 9.18 Å². The largest absolute Gasteiger partial charge is 0.355 e. The van der Waals surface area contributed by atoms with E-state index in [0.717, 1.165) is 37.2 Å². The minimum Gasteiger partial charge on any atom is -0.355 e. The van der Waals surface area contributed by atoms with Gasteiger partial charge in [0.25, 0.3) is 5.91 Å². The van der Waals surface area contributed by atoms with E-state index >= 15 is 0 Å². The Bertz CT molecular complexity index is 617.